The number of nitrogens with one attached hydrogen (secondary N) is 1. The summed E-state index contributed by atoms with van der Waals surface area (Å²) in [6.07, 6.45) is -5.06. The number of ether oxygens (including phenoxy) is 3. The SMILES string of the molecule is NS(=O)(=O)c1cccc(NC(=O)c2ccc(OC(F)(F)F)cc2Oc2ccccc2OC(F)F)c1. The molecule has 3 N–H and O–H groups in total. The standard InChI is InChI=1S/C21H15F5N2O6S/c22-20(23)33-17-7-2-1-6-16(17)32-18-11-13(34-21(24,25)26)8-9-15(18)19(29)28-12-4-3-5-14(10-12)35(27,30)31/h1-11,20H,(H,28,29)(H2,27,30,31). The van der Waals surface area contributed by atoms with Gasteiger partial charge < -0.3 is 19.5 Å². The number of rotatable bonds is 8. The molecular formula is C21H15F5N2O6S. The van der Waals surface area contributed by atoms with Crippen molar-refractivity contribution in [2.45, 2.75) is 17.9 Å². The molecule has 35 heavy (non-hydrogen) atoms. The number of para-hydroxylation sites is 2. The molecular weight excluding hydrogens is 503 g/mol. The van der Waals surface area contributed by atoms with Gasteiger partial charge in [0.25, 0.3) is 5.91 Å². The van der Waals surface area contributed by atoms with Gasteiger partial charge in [0.2, 0.25) is 10.0 Å². The molecule has 0 fully saturated rings. The highest BCUT2D eigenvalue weighted by Gasteiger charge is 2.32. The first-order valence-electron chi connectivity index (χ1n) is 9.37. The van der Waals surface area contributed by atoms with E-state index in [9.17, 15) is 35.2 Å². The van der Waals surface area contributed by atoms with Gasteiger partial charge in [0, 0.05) is 11.8 Å². The number of anilines is 1. The van der Waals surface area contributed by atoms with E-state index in [1.165, 1.54) is 36.4 Å². The zero-order valence-corrected chi connectivity index (χ0v) is 18.1. The minimum atomic E-state index is -5.06. The van der Waals surface area contributed by atoms with Crippen molar-refractivity contribution >= 4 is 21.6 Å². The Hall–Kier alpha value is -3.91. The Bertz CT molecular complexity index is 1330. The molecule has 0 aliphatic rings. The Morgan fingerprint density at radius 1 is 0.914 bits per heavy atom. The highest BCUT2D eigenvalue weighted by Crippen LogP contribution is 2.37. The average molecular weight is 518 g/mol. The summed E-state index contributed by atoms with van der Waals surface area (Å²) in [7, 11) is -4.09. The molecule has 1 amide bonds. The number of halogens is 5. The topological polar surface area (TPSA) is 117 Å². The van der Waals surface area contributed by atoms with Crippen LogP contribution in [0.15, 0.2) is 71.6 Å². The number of alkyl halides is 5. The summed E-state index contributed by atoms with van der Waals surface area (Å²) in [6.45, 7) is -3.23. The van der Waals surface area contributed by atoms with Gasteiger partial charge in [0.05, 0.1) is 10.5 Å². The number of primary sulfonamides is 1. The Balaban J connectivity index is 1.99. The van der Waals surface area contributed by atoms with Crippen LogP contribution in [0.1, 0.15) is 10.4 Å². The number of amides is 1. The number of carbonyl (C=O) groups is 1. The number of benzene rings is 3. The molecule has 0 radical (unpaired) electrons. The van der Waals surface area contributed by atoms with Crippen molar-refractivity contribution < 1.29 is 49.4 Å². The van der Waals surface area contributed by atoms with Crippen molar-refractivity contribution in [1.82, 2.24) is 0 Å². The van der Waals surface area contributed by atoms with E-state index >= 15 is 0 Å². The highest BCUT2D eigenvalue weighted by molar-refractivity contribution is 7.89. The van der Waals surface area contributed by atoms with Crippen molar-refractivity contribution in [3.8, 4) is 23.0 Å². The third kappa shape index (κ3) is 7.28. The Labute approximate surface area is 195 Å². The Kier molecular flexibility index (Phi) is 7.45. The van der Waals surface area contributed by atoms with Gasteiger partial charge >= 0.3 is 13.0 Å². The summed E-state index contributed by atoms with van der Waals surface area (Å²) >= 11 is 0. The van der Waals surface area contributed by atoms with Crippen molar-refractivity contribution in [3.63, 3.8) is 0 Å². The van der Waals surface area contributed by atoms with Crippen LogP contribution in [0.25, 0.3) is 0 Å². The molecule has 3 aromatic carbocycles. The maximum Gasteiger partial charge on any atom is 0.573 e. The molecule has 0 saturated heterocycles. The minimum Gasteiger partial charge on any atom is -0.452 e. The van der Waals surface area contributed by atoms with E-state index in [1.54, 1.807) is 0 Å². The third-order valence-electron chi connectivity index (χ3n) is 4.14. The van der Waals surface area contributed by atoms with E-state index in [0.717, 1.165) is 30.3 Å². The van der Waals surface area contributed by atoms with Crippen LogP contribution in [-0.4, -0.2) is 27.3 Å². The van der Waals surface area contributed by atoms with Crippen LogP contribution in [0.4, 0.5) is 27.6 Å². The zero-order valence-electron chi connectivity index (χ0n) is 17.3. The summed E-state index contributed by atoms with van der Waals surface area (Å²) in [5, 5.41) is 7.42. The number of hydrogen-bond acceptors (Lipinski definition) is 6. The predicted octanol–water partition coefficient (Wildman–Crippen LogP) is 4.88. The Morgan fingerprint density at radius 2 is 1.60 bits per heavy atom. The molecule has 0 aliphatic heterocycles. The lowest BCUT2D eigenvalue weighted by Crippen LogP contribution is -2.18. The van der Waals surface area contributed by atoms with Gasteiger partial charge in [-0.15, -0.1) is 13.2 Å². The van der Waals surface area contributed by atoms with Gasteiger partial charge in [-0.2, -0.15) is 8.78 Å². The lowest BCUT2D eigenvalue weighted by Gasteiger charge is -2.16. The second-order valence-electron chi connectivity index (χ2n) is 6.66. The first-order chi connectivity index (χ1) is 16.3. The van der Waals surface area contributed by atoms with Crippen LogP contribution < -0.4 is 24.7 Å². The highest BCUT2D eigenvalue weighted by atomic mass is 32.2. The van der Waals surface area contributed by atoms with Gasteiger partial charge in [-0.3, -0.25) is 4.79 Å². The van der Waals surface area contributed by atoms with Crippen molar-refractivity contribution in [2.24, 2.45) is 5.14 Å². The number of nitrogens with two attached hydrogens (primary N) is 1. The van der Waals surface area contributed by atoms with Gasteiger partial charge in [0.1, 0.15) is 11.5 Å². The normalized spacial score (nSPS) is 11.7. The number of sulfonamides is 1. The molecule has 0 heterocycles. The van der Waals surface area contributed by atoms with Crippen LogP contribution in [0, 0.1) is 0 Å². The molecule has 186 valence electrons. The van der Waals surface area contributed by atoms with Crippen molar-refractivity contribution in [2.75, 3.05) is 5.32 Å². The molecule has 3 rings (SSSR count). The van der Waals surface area contributed by atoms with Crippen LogP contribution >= 0.6 is 0 Å². The van der Waals surface area contributed by atoms with Crippen molar-refractivity contribution in [1.29, 1.82) is 0 Å². The largest absolute Gasteiger partial charge is 0.573 e. The van der Waals surface area contributed by atoms with Crippen LogP contribution in [-0.2, 0) is 10.0 Å². The molecule has 14 heteroatoms. The summed E-state index contributed by atoms with van der Waals surface area (Å²) in [4.78, 5) is 12.6. The summed E-state index contributed by atoms with van der Waals surface area (Å²) in [5.74, 6) is -2.97. The van der Waals surface area contributed by atoms with E-state index in [2.05, 4.69) is 14.8 Å². The molecule has 0 saturated carbocycles. The molecule has 0 aliphatic carbocycles. The maximum absolute atomic E-state index is 12.9. The fourth-order valence-electron chi connectivity index (χ4n) is 2.77. The summed E-state index contributed by atoms with van der Waals surface area (Å²) in [5.41, 5.74) is -0.350. The van der Waals surface area contributed by atoms with Gasteiger partial charge in [0.15, 0.2) is 11.5 Å². The Morgan fingerprint density at radius 3 is 2.23 bits per heavy atom. The fraction of sp³-hybridized carbons (Fsp3) is 0.0952. The first kappa shape index (κ1) is 25.7. The van der Waals surface area contributed by atoms with E-state index in [-0.39, 0.29) is 21.9 Å². The summed E-state index contributed by atoms with van der Waals surface area (Å²) in [6, 6.07) is 12.4. The smallest absolute Gasteiger partial charge is 0.452 e. The minimum absolute atomic E-state index is 0.00970. The van der Waals surface area contributed by atoms with Crippen molar-refractivity contribution in [3.05, 3.63) is 72.3 Å². The average Bonchev–Trinajstić information content (AvgIpc) is 2.73. The maximum atomic E-state index is 12.9. The van der Waals surface area contributed by atoms with Gasteiger partial charge in [-0.1, -0.05) is 18.2 Å². The van der Waals surface area contributed by atoms with Crippen LogP contribution in [0.5, 0.6) is 23.0 Å². The molecule has 3 aromatic rings. The van der Waals surface area contributed by atoms with Crippen LogP contribution in [0.2, 0.25) is 0 Å². The van der Waals surface area contributed by atoms with E-state index in [0.29, 0.717) is 0 Å². The lowest BCUT2D eigenvalue weighted by molar-refractivity contribution is -0.274. The van der Waals surface area contributed by atoms with Crippen LogP contribution in [0.3, 0.4) is 0 Å². The monoisotopic (exact) mass is 518 g/mol. The molecule has 0 aromatic heterocycles. The molecule has 8 nitrogen and oxygen atoms in total. The number of hydrogen-bond donors (Lipinski definition) is 2. The molecule has 0 atom stereocenters. The second kappa shape index (κ2) is 10.1. The zero-order chi connectivity index (χ0) is 25.8. The summed E-state index contributed by atoms with van der Waals surface area (Å²) < 4.78 is 100. The van der Waals surface area contributed by atoms with E-state index in [4.69, 9.17) is 9.88 Å². The fourth-order valence-corrected chi connectivity index (χ4v) is 3.33. The quantitative estimate of drug-likeness (QED) is 0.411. The predicted molar refractivity (Wildman–Crippen MR) is 112 cm³/mol. The van der Waals surface area contributed by atoms with E-state index in [1.807, 2.05) is 0 Å². The van der Waals surface area contributed by atoms with E-state index < -0.39 is 46.2 Å². The van der Waals surface area contributed by atoms with Gasteiger partial charge in [-0.25, -0.2) is 13.6 Å². The molecule has 0 spiro atoms. The first-order valence-corrected chi connectivity index (χ1v) is 10.9. The molecule has 0 bridgehead atoms. The third-order valence-corrected chi connectivity index (χ3v) is 5.05. The molecule has 0 unspecified atom stereocenters. The lowest BCUT2D eigenvalue weighted by atomic mass is 10.1. The second-order valence-corrected chi connectivity index (χ2v) is 8.22. The number of carbonyl (C=O) groups excluding carboxylic acids is 1. The van der Waals surface area contributed by atoms with Gasteiger partial charge in [-0.05, 0) is 42.5 Å².